The first-order valence-electron chi connectivity index (χ1n) is 17.6. The number of rotatable bonds is 5. The van der Waals surface area contributed by atoms with Gasteiger partial charge in [-0.25, -0.2) is 22.4 Å². The normalized spacial score (nSPS) is 28.9. The minimum absolute atomic E-state index is 0.00168. The van der Waals surface area contributed by atoms with Crippen LogP contribution >= 0.6 is 0 Å². The van der Waals surface area contributed by atoms with Crippen LogP contribution in [0.15, 0.2) is 30.4 Å². The number of halogens is 1. The van der Waals surface area contributed by atoms with Crippen LogP contribution in [0.25, 0.3) is 0 Å². The van der Waals surface area contributed by atoms with Gasteiger partial charge in [0.05, 0.1) is 18.3 Å². The smallest absolute Gasteiger partial charge is 0.410 e. The predicted molar refractivity (Wildman–Crippen MR) is 180 cm³/mol. The summed E-state index contributed by atoms with van der Waals surface area (Å²) in [7, 11) is -3.92. The number of nitrogens with one attached hydrogen (secondary N) is 3. The summed E-state index contributed by atoms with van der Waals surface area (Å²) >= 11 is 0. The Morgan fingerprint density at radius 1 is 1.06 bits per heavy atom. The number of alkyl carbamates (subject to hydrolysis) is 1. The van der Waals surface area contributed by atoms with E-state index in [0.717, 1.165) is 12.8 Å². The van der Waals surface area contributed by atoms with E-state index in [9.17, 15) is 36.8 Å². The van der Waals surface area contributed by atoms with E-state index in [1.807, 2.05) is 12.2 Å². The molecule has 1 saturated heterocycles. The first kappa shape index (κ1) is 36.6. The lowest BCUT2D eigenvalue weighted by molar-refractivity contribution is -0.141. The Morgan fingerprint density at radius 3 is 2.53 bits per heavy atom. The molecule has 0 radical (unpaired) electrons. The predicted octanol–water partition coefficient (Wildman–Crippen LogP) is 3.14. The number of hydrogen-bond donors (Lipinski definition) is 3. The second kappa shape index (κ2) is 14.1. The zero-order valence-electron chi connectivity index (χ0n) is 29.1. The van der Waals surface area contributed by atoms with E-state index in [1.165, 1.54) is 15.9 Å². The minimum atomic E-state index is -3.92. The van der Waals surface area contributed by atoms with Crippen LogP contribution < -0.4 is 15.4 Å². The molecular weight excluding hydrogens is 685 g/mol. The largest absolute Gasteiger partial charge is 0.444 e. The number of benzene rings is 1. The Hall–Kier alpha value is -4.21. The van der Waals surface area contributed by atoms with Gasteiger partial charge in [0.25, 0.3) is 5.91 Å². The first-order valence-corrected chi connectivity index (χ1v) is 19.2. The molecular formula is C35H46FN5O9S. The van der Waals surface area contributed by atoms with E-state index >= 15 is 0 Å². The molecule has 6 rings (SSSR count). The van der Waals surface area contributed by atoms with Crippen molar-refractivity contribution in [1.82, 2.24) is 25.2 Å². The van der Waals surface area contributed by atoms with Crippen LogP contribution in [0.1, 0.15) is 89.7 Å². The monoisotopic (exact) mass is 731 g/mol. The van der Waals surface area contributed by atoms with Gasteiger partial charge in [-0.2, -0.15) is 0 Å². The van der Waals surface area contributed by atoms with Crippen LogP contribution in [0.2, 0.25) is 0 Å². The van der Waals surface area contributed by atoms with Gasteiger partial charge in [0.15, 0.2) is 0 Å². The van der Waals surface area contributed by atoms with Gasteiger partial charge in [-0.15, -0.1) is 0 Å². The molecule has 3 heterocycles. The van der Waals surface area contributed by atoms with E-state index in [0.29, 0.717) is 36.8 Å². The Kier molecular flexibility index (Phi) is 10.1. The quantitative estimate of drug-likeness (QED) is 0.384. The number of nitrogens with zero attached hydrogens (tertiary/aromatic N) is 2. The van der Waals surface area contributed by atoms with E-state index in [4.69, 9.17) is 9.47 Å². The molecule has 3 aliphatic heterocycles. The summed E-state index contributed by atoms with van der Waals surface area (Å²) in [4.78, 5) is 70.8. The average molecular weight is 732 g/mol. The molecule has 0 aromatic heterocycles. The van der Waals surface area contributed by atoms with E-state index in [-0.39, 0.29) is 38.9 Å². The second-order valence-electron chi connectivity index (χ2n) is 15.2. The summed E-state index contributed by atoms with van der Waals surface area (Å²) in [5.74, 6) is -3.06. The second-order valence-corrected chi connectivity index (χ2v) is 17.2. The molecule has 16 heteroatoms. The third-order valence-electron chi connectivity index (χ3n) is 9.99. The Morgan fingerprint density at radius 2 is 1.82 bits per heavy atom. The van der Waals surface area contributed by atoms with Crippen molar-refractivity contribution in [3.8, 4) is 0 Å². The third kappa shape index (κ3) is 8.31. The molecule has 0 bridgehead atoms. The van der Waals surface area contributed by atoms with Gasteiger partial charge >= 0.3 is 12.2 Å². The summed E-state index contributed by atoms with van der Waals surface area (Å²) < 4.78 is 53.3. The minimum Gasteiger partial charge on any atom is -0.444 e. The highest BCUT2D eigenvalue weighted by molar-refractivity contribution is 7.91. The van der Waals surface area contributed by atoms with Crippen LogP contribution in [-0.2, 0) is 47.0 Å². The van der Waals surface area contributed by atoms with Crippen molar-refractivity contribution in [2.24, 2.45) is 5.92 Å². The number of amides is 5. The topological polar surface area (TPSA) is 181 Å². The maximum atomic E-state index is 14.4. The lowest BCUT2D eigenvalue weighted by atomic mass is 10.0. The van der Waals surface area contributed by atoms with Gasteiger partial charge in [0.1, 0.15) is 35.1 Å². The molecule has 0 unspecified atom stereocenters. The molecule has 14 nitrogen and oxygen atoms in total. The highest BCUT2D eigenvalue weighted by Crippen LogP contribution is 2.46. The van der Waals surface area contributed by atoms with Crippen molar-refractivity contribution in [1.29, 1.82) is 0 Å². The maximum absolute atomic E-state index is 14.4. The number of fused-ring (bicyclic) bond motifs is 3. The number of allylic oxidation sites excluding steroid dienone is 1. The van der Waals surface area contributed by atoms with Gasteiger partial charge in [-0.3, -0.25) is 24.0 Å². The average Bonchev–Trinajstić information content (AvgIpc) is 3.93. The number of hydrogen-bond acceptors (Lipinski definition) is 9. The Balaban J connectivity index is 1.25. The van der Waals surface area contributed by atoms with Gasteiger partial charge in [-0.1, -0.05) is 37.1 Å². The van der Waals surface area contributed by atoms with Gasteiger partial charge in [0.2, 0.25) is 21.8 Å². The SMILES string of the molecule is CC(C)(C)OC(=O)N[C@H]1CCCCC/C=C\[C@H]2C[C@@]2(C(=O)NS(=O)(=O)C2CC2)NC(=O)[C@@H]2C[C@@H](OC(=O)N3Cc4cccc(F)c4C3)CN2C1=O. The highest BCUT2D eigenvalue weighted by atomic mass is 32.2. The molecule has 3 N–H and O–H groups in total. The molecule has 5 amide bonds. The number of carbonyl (C=O) groups excluding carboxylic acids is 5. The van der Waals surface area contributed by atoms with E-state index in [1.54, 1.807) is 32.9 Å². The fourth-order valence-electron chi connectivity index (χ4n) is 7.02. The van der Waals surface area contributed by atoms with Crippen molar-refractivity contribution < 1.29 is 46.3 Å². The summed E-state index contributed by atoms with van der Waals surface area (Å²) in [6.45, 7) is 5.01. The molecule has 5 atom stereocenters. The molecule has 3 fully saturated rings. The van der Waals surface area contributed by atoms with Gasteiger partial charge in [0, 0.05) is 24.4 Å². The zero-order chi connectivity index (χ0) is 36.7. The molecule has 2 aliphatic carbocycles. The molecule has 51 heavy (non-hydrogen) atoms. The lowest BCUT2D eigenvalue weighted by Gasteiger charge is -2.30. The Bertz CT molecular complexity index is 1730. The number of ether oxygens (including phenoxy) is 2. The standard InChI is InChI=1S/C35H46FN5O9S/c1-34(2,3)50-32(45)37-27-13-8-6-4-5-7-11-22-17-35(22,31(44)39-51(47,48)24-14-15-24)38-29(42)28-16-23(19-41(28)30(27)43)49-33(46)40-18-21-10-9-12-26(36)25(21)20-40/h7,9-12,22-24,27-28H,4-6,8,13-20H2,1-3H3,(H,37,45)(H,38,42)(H,39,44)/b11-7-/t22-,23+,27-,28-,35+/m0/s1. The number of sulfonamides is 1. The van der Waals surface area contributed by atoms with Crippen LogP contribution in [0.3, 0.4) is 0 Å². The van der Waals surface area contributed by atoms with Crippen LogP contribution in [0.5, 0.6) is 0 Å². The lowest BCUT2D eigenvalue weighted by Crippen LogP contribution is -2.58. The fourth-order valence-corrected chi connectivity index (χ4v) is 8.39. The molecule has 2 saturated carbocycles. The van der Waals surface area contributed by atoms with Gasteiger partial charge in [-0.05, 0) is 70.9 Å². The van der Waals surface area contributed by atoms with Crippen LogP contribution in [0, 0.1) is 11.7 Å². The van der Waals surface area contributed by atoms with E-state index in [2.05, 4.69) is 15.4 Å². The number of carbonyl (C=O) groups is 5. The van der Waals surface area contributed by atoms with Crippen molar-refractivity contribution >= 4 is 39.9 Å². The highest BCUT2D eigenvalue weighted by Gasteiger charge is 2.62. The summed E-state index contributed by atoms with van der Waals surface area (Å²) in [6, 6.07) is 2.30. The van der Waals surface area contributed by atoms with Crippen molar-refractivity contribution in [2.75, 3.05) is 6.54 Å². The maximum Gasteiger partial charge on any atom is 0.410 e. The summed E-state index contributed by atoms with van der Waals surface area (Å²) in [5, 5.41) is 4.79. The molecule has 1 aromatic rings. The van der Waals surface area contributed by atoms with E-state index < -0.39 is 86.2 Å². The molecule has 278 valence electrons. The molecule has 5 aliphatic rings. The first-order chi connectivity index (χ1) is 24.1. The molecule has 0 spiro atoms. The van der Waals surface area contributed by atoms with Crippen LogP contribution in [0.4, 0.5) is 14.0 Å². The fraction of sp³-hybridized carbons (Fsp3) is 0.629. The zero-order valence-corrected chi connectivity index (χ0v) is 29.9. The third-order valence-corrected chi connectivity index (χ3v) is 11.8. The Labute approximate surface area is 296 Å². The van der Waals surface area contributed by atoms with Crippen LogP contribution in [-0.4, -0.2) is 89.2 Å². The van der Waals surface area contributed by atoms with Crippen molar-refractivity contribution in [3.05, 3.63) is 47.3 Å². The van der Waals surface area contributed by atoms with Gasteiger partial charge < -0.3 is 25.0 Å². The van der Waals surface area contributed by atoms with Crippen molar-refractivity contribution in [3.63, 3.8) is 0 Å². The van der Waals surface area contributed by atoms with Crippen molar-refractivity contribution in [2.45, 2.75) is 126 Å². The summed E-state index contributed by atoms with van der Waals surface area (Å²) in [6.07, 6.45) is 5.10. The molecule has 1 aromatic carbocycles. The summed E-state index contributed by atoms with van der Waals surface area (Å²) in [5.41, 5.74) is -1.36.